The first-order valence-electron chi connectivity index (χ1n) is 6.47. The first-order chi connectivity index (χ1) is 9.22. The standard InChI is InChI=1S/C15H20BrNO3/c1-10-8-12(16)5-4-11(10)9-13(18)17-7-6-15(2,3)14(19)20/h4-5,8H,6-7,9H2,1-3H3,(H,17,18)(H,19,20). The van der Waals surface area contributed by atoms with Crippen molar-refractivity contribution in [3.8, 4) is 0 Å². The van der Waals surface area contributed by atoms with E-state index in [1.807, 2.05) is 25.1 Å². The molecule has 0 atom stereocenters. The van der Waals surface area contributed by atoms with Gasteiger partial charge in [-0.25, -0.2) is 0 Å². The molecule has 0 fully saturated rings. The van der Waals surface area contributed by atoms with Gasteiger partial charge in [0.05, 0.1) is 11.8 Å². The molecule has 0 radical (unpaired) electrons. The predicted molar refractivity (Wildman–Crippen MR) is 81.6 cm³/mol. The summed E-state index contributed by atoms with van der Waals surface area (Å²) in [6.07, 6.45) is 0.722. The third-order valence-electron chi connectivity index (χ3n) is 3.31. The zero-order valence-corrected chi connectivity index (χ0v) is 13.6. The Kier molecular flexibility index (Phi) is 5.74. The van der Waals surface area contributed by atoms with Gasteiger partial charge >= 0.3 is 5.97 Å². The summed E-state index contributed by atoms with van der Waals surface area (Å²) in [5.41, 5.74) is 1.21. The van der Waals surface area contributed by atoms with Crippen LogP contribution in [0, 0.1) is 12.3 Å². The van der Waals surface area contributed by atoms with Crippen LogP contribution < -0.4 is 5.32 Å². The maximum absolute atomic E-state index is 11.8. The molecule has 0 saturated carbocycles. The molecule has 0 aliphatic heterocycles. The number of amides is 1. The van der Waals surface area contributed by atoms with E-state index in [0.717, 1.165) is 15.6 Å². The molecule has 0 heterocycles. The van der Waals surface area contributed by atoms with E-state index in [9.17, 15) is 9.59 Å². The first kappa shape index (κ1) is 16.7. The molecule has 5 heteroatoms. The molecule has 0 saturated heterocycles. The third kappa shape index (κ3) is 4.96. The Hall–Kier alpha value is -1.36. The van der Waals surface area contributed by atoms with Crippen LogP contribution in [0.25, 0.3) is 0 Å². The molecule has 20 heavy (non-hydrogen) atoms. The van der Waals surface area contributed by atoms with E-state index in [1.165, 1.54) is 0 Å². The molecular formula is C15H20BrNO3. The Bertz CT molecular complexity index is 512. The van der Waals surface area contributed by atoms with E-state index in [1.54, 1.807) is 13.8 Å². The fourth-order valence-electron chi connectivity index (χ4n) is 1.71. The average Bonchev–Trinajstić information content (AvgIpc) is 2.32. The van der Waals surface area contributed by atoms with Gasteiger partial charge in [-0.15, -0.1) is 0 Å². The van der Waals surface area contributed by atoms with Crippen molar-refractivity contribution in [1.82, 2.24) is 5.32 Å². The van der Waals surface area contributed by atoms with Crippen LogP contribution in [0.15, 0.2) is 22.7 Å². The SMILES string of the molecule is Cc1cc(Br)ccc1CC(=O)NCCC(C)(C)C(=O)O. The van der Waals surface area contributed by atoms with E-state index in [4.69, 9.17) is 5.11 Å². The van der Waals surface area contributed by atoms with Crippen molar-refractivity contribution in [2.45, 2.75) is 33.6 Å². The highest BCUT2D eigenvalue weighted by Crippen LogP contribution is 2.19. The van der Waals surface area contributed by atoms with Crippen LogP contribution in [0.4, 0.5) is 0 Å². The Labute approximate surface area is 127 Å². The van der Waals surface area contributed by atoms with E-state index >= 15 is 0 Å². The van der Waals surface area contributed by atoms with Crippen molar-refractivity contribution in [1.29, 1.82) is 0 Å². The lowest BCUT2D eigenvalue weighted by atomic mass is 9.90. The van der Waals surface area contributed by atoms with Crippen LogP contribution in [0.2, 0.25) is 0 Å². The molecule has 0 aromatic heterocycles. The molecule has 110 valence electrons. The molecule has 1 amide bonds. The van der Waals surface area contributed by atoms with Crippen molar-refractivity contribution in [3.05, 3.63) is 33.8 Å². The minimum absolute atomic E-state index is 0.0865. The smallest absolute Gasteiger partial charge is 0.309 e. The highest BCUT2D eigenvalue weighted by Gasteiger charge is 2.26. The first-order valence-corrected chi connectivity index (χ1v) is 7.27. The van der Waals surface area contributed by atoms with Gasteiger partial charge in [-0.3, -0.25) is 9.59 Å². The van der Waals surface area contributed by atoms with Crippen molar-refractivity contribution < 1.29 is 14.7 Å². The Balaban J connectivity index is 2.47. The van der Waals surface area contributed by atoms with Crippen LogP contribution in [0.1, 0.15) is 31.4 Å². The number of rotatable bonds is 6. The van der Waals surface area contributed by atoms with Gasteiger partial charge in [0.25, 0.3) is 0 Å². The minimum Gasteiger partial charge on any atom is -0.481 e. The van der Waals surface area contributed by atoms with E-state index in [-0.39, 0.29) is 5.91 Å². The summed E-state index contributed by atoms with van der Waals surface area (Å²) in [4.78, 5) is 22.8. The number of nitrogens with one attached hydrogen (secondary N) is 1. The topological polar surface area (TPSA) is 66.4 Å². The molecule has 4 nitrogen and oxygen atoms in total. The van der Waals surface area contributed by atoms with Gasteiger partial charge in [-0.2, -0.15) is 0 Å². The number of hydrogen-bond acceptors (Lipinski definition) is 2. The maximum atomic E-state index is 11.8. The number of aryl methyl sites for hydroxylation is 1. The zero-order chi connectivity index (χ0) is 15.3. The molecule has 0 unspecified atom stereocenters. The summed E-state index contributed by atoms with van der Waals surface area (Å²) >= 11 is 3.38. The summed E-state index contributed by atoms with van der Waals surface area (Å²) in [6, 6.07) is 5.79. The summed E-state index contributed by atoms with van der Waals surface area (Å²) in [5.74, 6) is -0.938. The fourth-order valence-corrected chi connectivity index (χ4v) is 2.19. The summed E-state index contributed by atoms with van der Waals surface area (Å²) < 4.78 is 0.988. The Morgan fingerprint density at radius 1 is 1.35 bits per heavy atom. The maximum Gasteiger partial charge on any atom is 0.309 e. The molecular weight excluding hydrogens is 322 g/mol. The van der Waals surface area contributed by atoms with Gasteiger partial charge < -0.3 is 10.4 Å². The zero-order valence-electron chi connectivity index (χ0n) is 12.0. The molecule has 0 spiro atoms. The monoisotopic (exact) mass is 341 g/mol. The number of aliphatic carboxylic acids is 1. The van der Waals surface area contributed by atoms with Crippen LogP contribution >= 0.6 is 15.9 Å². The molecule has 2 N–H and O–H groups in total. The van der Waals surface area contributed by atoms with E-state index in [2.05, 4.69) is 21.2 Å². The predicted octanol–water partition coefficient (Wildman–Crippen LogP) is 2.92. The number of hydrogen-bond donors (Lipinski definition) is 2. The Morgan fingerprint density at radius 3 is 2.55 bits per heavy atom. The summed E-state index contributed by atoms with van der Waals surface area (Å²) in [5, 5.41) is 11.8. The molecule has 0 bridgehead atoms. The summed E-state index contributed by atoms with van der Waals surface area (Å²) in [6.45, 7) is 5.63. The van der Waals surface area contributed by atoms with Gasteiger partial charge in [0.15, 0.2) is 0 Å². The number of carboxylic acids is 1. The second-order valence-electron chi connectivity index (χ2n) is 5.54. The number of carbonyl (C=O) groups is 2. The minimum atomic E-state index is -0.851. The Morgan fingerprint density at radius 2 is 2.00 bits per heavy atom. The van der Waals surface area contributed by atoms with Crippen LogP contribution in [0.5, 0.6) is 0 Å². The molecule has 0 aliphatic rings. The van der Waals surface area contributed by atoms with Gasteiger partial charge in [-0.1, -0.05) is 22.0 Å². The second kappa shape index (κ2) is 6.88. The van der Waals surface area contributed by atoms with Gasteiger partial charge in [-0.05, 0) is 50.5 Å². The number of carbonyl (C=O) groups excluding carboxylic acids is 1. The lowest BCUT2D eigenvalue weighted by Crippen LogP contribution is -2.32. The largest absolute Gasteiger partial charge is 0.481 e. The highest BCUT2D eigenvalue weighted by atomic mass is 79.9. The fraction of sp³-hybridized carbons (Fsp3) is 0.467. The highest BCUT2D eigenvalue weighted by molar-refractivity contribution is 9.10. The second-order valence-corrected chi connectivity index (χ2v) is 6.45. The normalized spacial score (nSPS) is 11.2. The van der Waals surface area contributed by atoms with Gasteiger partial charge in [0, 0.05) is 11.0 Å². The molecule has 1 aromatic carbocycles. The van der Waals surface area contributed by atoms with Crippen LogP contribution in [-0.4, -0.2) is 23.5 Å². The molecule has 1 rings (SSSR count). The molecule has 0 aliphatic carbocycles. The van der Waals surface area contributed by atoms with E-state index < -0.39 is 11.4 Å². The van der Waals surface area contributed by atoms with Gasteiger partial charge in [0.1, 0.15) is 0 Å². The summed E-state index contributed by atoms with van der Waals surface area (Å²) in [7, 11) is 0. The van der Waals surface area contributed by atoms with Crippen LogP contribution in [-0.2, 0) is 16.0 Å². The van der Waals surface area contributed by atoms with E-state index in [0.29, 0.717) is 19.4 Å². The average molecular weight is 342 g/mol. The lowest BCUT2D eigenvalue weighted by molar-refractivity contribution is -0.147. The van der Waals surface area contributed by atoms with Crippen molar-refractivity contribution >= 4 is 27.8 Å². The van der Waals surface area contributed by atoms with Crippen molar-refractivity contribution in [3.63, 3.8) is 0 Å². The van der Waals surface area contributed by atoms with Crippen molar-refractivity contribution in [2.24, 2.45) is 5.41 Å². The number of carboxylic acid groups (broad SMARTS) is 1. The van der Waals surface area contributed by atoms with Crippen molar-refractivity contribution in [2.75, 3.05) is 6.54 Å². The van der Waals surface area contributed by atoms with Gasteiger partial charge in [0.2, 0.25) is 5.91 Å². The number of halogens is 1. The molecule has 1 aromatic rings. The van der Waals surface area contributed by atoms with Crippen LogP contribution in [0.3, 0.4) is 0 Å². The lowest BCUT2D eigenvalue weighted by Gasteiger charge is -2.19. The quantitative estimate of drug-likeness (QED) is 0.835. The number of benzene rings is 1. The third-order valence-corrected chi connectivity index (χ3v) is 3.80.